The summed E-state index contributed by atoms with van der Waals surface area (Å²) in [7, 11) is 0. The summed E-state index contributed by atoms with van der Waals surface area (Å²) in [6.45, 7) is 8.28. The van der Waals surface area contributed by atoms with E-state index in [-0.39, 0.29) is 24.0 Å². The van der Waals surface area contributed by atoms with Crippen LogP contribution in [0.4, 0.5) is 10.5 Å². The number of amides is 1. The van der Waals surface area contributed by atoms with Crippen molar-refractivity contribution >= 4 is 17.7 Å². The third-order valence-corrected chi connectivity index (χ3v) is 5.83. The molecular formula is C24H36N2O4. The fourth-order valence-corrected chi connectivity index (χ4v) is 4.51. The van der Waals surface area contributed by atoms with Crippen molar-refractivity contribution in [3.05, 3.63) is 29.8 Å². The van der Waals surface area contributed by atoms with Crippen molar-refractivity contribution in [2.75, 3.05) is 18.5 Å². The first-order valence-corrected chi connectivity index (χ1v) is 11.3. The van der Waals surface area contributed by atoms with Gasteiger partial charge >= 0.3 is 12.1 Å². The highest BCUT2D eigenvalue weighted by Crippen LogP contribution is 2.38. The second-order valence-electron chi connectivity index (χ2n) is 9.37. The van der Waals surface area contributed by atoms with Crippen LogP contribution >= 0.6 is 0 Å². The van der Waals surface area contributed by atoms with Gasteiger partial charge in [0.15, 0.2) is 0 Å². The van der Waals surface area contributed by atoms with Crippen LogP contribution < -0.4 is 5.32 Å². The molecule has 3 rings (SSSR count). The molecule has 0 bridgehead atoms. The number of hydrogen-bond donors (Lipinski definition) is 1. The lowest BCUT2D eigenvalue weighted by molar-refractivity contribution is -0.152. The highest BCUT2D eigenvalue weighted by molar-refractivity contribution is 5.76. The molecule has 1 amide bonds. The van der Waals surface area contributed by atoms with Gasteiger partial charge in [-0.3, -0.25) is 4.79 Å². The molecule has 6 heteroatoms. The van der Waals surface area contributed by atoms with Crippen LogP contribution in [0.25, 0.3) is 0 Å². The zero-order chi connectivity index (χ0) is 21.7. The minimum Gasteiger partial charge on any atom is -0.466 e. The number of hydrogen-bond acceptors (Lipinski definition) is 5. The molecule has 6 nitrogen and oxygen atoms in total. The summed E-state index contributed by atoms with van der Waals surface area (Å²) >= 11 is 0. The molecular weight excluding hydrogens is 380 g/mol. The predicted molar refractivity (Wildman–Crippen MR) is 117 cm³/mol. The summed E-state index contributed by atoms with van der Waals surface area (Å²) < 4.78 is 11.0. The number of rotatable bonds is 5. The Labute approximate surface area is 180 Å². The SMILES string of the molecule is CCOC(=O)C1CCCN(C(=O)OC(C)(C)C)C1c1ccc(NC2CCCC2)cc1. The second-order valence-corrected chi connectivity index (χ2v) is 9.37. The molecule has 166 valence electrons. The lowest BCUT2D eigenvalue weighted by Gasteiger charge is -2.40. The lowest BCUT2D eigenvalue weighted by Crippen LogP contribution is -2.47. The summed E-state index contributed by atoms with van der Waals surface area (Å²) in [6, 6.07) is 8.31. The maximum absolute atomic E-state index is 13.0. The number of nitrogens with zero attached hydrogens (tertiary/aromatic N) is 1. The molecule has 1 aromatic rings. The van der Waals surface area contributed by atoms with Crippen LogP contribution in [0.3, 0.4) is 0 Å². The van der Waals surface area contributed by atoms with Gasteiger partial charge in [-0.05, 0) is 71.1 Å². The van der Waals surface area contributed by atoms with Crippen LogP contribution in [0, 0.1) is 5.92 Å². The van der Waals surface area contributed by atoms with Crippen LogP contribution in [0.15, 0.2) is 24.3 Å². The van der Waals surface area contributed by atoms with E-state index in [0.29, 0.717) is 25.6 Å². The summed E-state index contributed by atoms with van der Waals surface area (Å²) in [5.74, 6) is -0.635. The Morgan fingerprint density at radius 1 is 1.07 bits per heavy atom. The number of esters is 1. The highest BCUT2D eigenvalue weighted by Gasteiger charge is 2.41. The van der Waals surface area contributed by atoms with Crippen molar-refractivity contribution in [3.8, 4) is 0 Å². The Kier molecular flexibility index (Phi) is 7.27. The number of benzene rings is 1. The molecule has 1 N–H and O–H groups in total. The van der Waals surface area contributed by atoms with Crippen molar-refractivity contribution in [2.45, 2.75) is 83.9 Å². The molecule has 1 heterocycles. The van der Waals surface area contributed by atoms with Gasteiger partial charge < -0.3 is 19.7 Å². The minimum atomic E-state index is -0.590. The lowest BCUT2D eigenvalue weighted by atomic mass is 9.84. The first-order valence-electron chi connectivity index (χ1n) is 11.3. The molecule has 1 saturated carbocycles. The summed E-state index contributed by atoms with van der Waals surface area (Å²) in [5, 5.41) is 3.59. The quantitative estimate of drug-likeness (QED) is 0.660. The highest BCUT2D eigenvalue weighted by atomic mass is 16.6. The van der Waals surface area contributed by atoms with E-state index in [9.17, 15) is 9.59 Å². The van der Waals surface area contributed by atoms with Crippen molar-refractivity contribution in [3.63, 3.8) is 0 Å². The molecule has 1 aliphatic heterocycles. The maximum Gasteiger partial charge on any atom is 0.410 e. The van der Waals surface area contributed by atoms with E-state index in [0.717, 1.165) is 17.7 Å². The molecule has 1 aromatic carbocycles. The van der Waals surface area contributed by atoms with Crippen LogP contribution in [-0.2, 0) is 14.3 Å². The van der Waals surface area contributed by atoms with E-state index < -0.39 is 5.60 Å². The van der Waals surface area contributed by atoms with Crippen LogP contribution in [0.2, 0.25) is 0 Å². The van der Waals surface area contributed by atoms with Crippen molar-refractivity contribution in [1.82, 2.24) is 4.90 Å². The number of piperidine rings is 1. The molecule has 1 aliphatic carbocycles. The molecule has 2 aliphatic rings. The van der Waals surface area contributed by atoms with E-state index in [1.54, 1.807) is 4.90 Å². The molecule has 2 unspecified atom stereocenters. The smallest absolute Gasteiger partial charge is 0.410 e. The van der Waals surface area contributed by atoms with E-state index >= 15 is 0 Å². The van der Waals surface area contributed by atoms with Gasteiger partial charge in [0.2, 0.25) is 0 Å². The summed E-state index contributed by atoms with van der Waals surface area (Å²) in [6.07, 6.45) is 6.05. The molecule has 30 heavy (non-hydrogen) atoms. The average Bonchev–Trinajstić information content (AvgIpc) is 3.20. The average molecular weight is 417 g/mol. The van der Waals surface area contributed by atoms with E-state index in [4.69, 9.17) is 9.47 Å². The largest absolute Gasteiger partial charge is 0.466 e. The number of carbonyl (C=O) groups excluding carboxylic acids is 2. The zero-order valence-electron chi connectivity index (χ0n) is 18.8. The fourth-order valence-electron chi connectivity index (χ4n) is 4.51. The maximum atomic E-state index is 13.0. The number of anilines is 1. The molecule has 2 fully saturated rings. The third kappa shape index (κ3) is 5.67. The first-order chi connectivity index (χ1) is 14.3. The van der Waals surface area contributed by atoms with Gasteiger partial charge in [0, 0.05) is 18.3 Å². The number of likely N-dealkylation sites (tertiary alicyclic amines) is 1. The van der Waals surface area contributed by atoms with Gasteiger partial charge in [-0.25, -0.2) is 4.79 Å². The Hall–Kier alpha value is -2.24. The van der Waals surface area contributed by atoms with Crippen LogP contribution in [0.5, 0.6) is 0 Å². The summed E-state index contributed by atoms with van der Waals surface area (Å²) in [4.78, 5) is 27.4. The molecule has 1 saturated heterocycles. The van der Waals surface area contributed by atoms with Crippen molar-refractivity contribution < 1.29 is 19.1 Å². The van der Waals surface area contributed by atoms with Crippen LogP contribution in [-0.4, -0.2) is 41.8 Å². The Balaban J connectivity index is 1.84. The van der Waals surface area contributed by atoms with Crippen LogP contribution in [0.1, 0.15) is 77.8 Å². The predicted octanol–water partition coefficient (Wildman–Crippen LogP) is 5.29. The van der Waals surface area contributed by atoms with Gasteiger partial charge in [0.1, 0.15) is 5.60 Å². The number of ether oxygens (including phenoxy) is 2. The molecule has 0 spiro atoms. The van der Waals surface area contributed by atoms with E-state index in [1.165, 1.54) is 25.7 Å². The standard InChI is InChI=1S/C24H36N2O4/c1-5-29-22(27)20-11-8-16-26(23(28)30-24(2,3)4)21(20)17-12-14-19(15-13-17)25-18-9-6-7-10-18/h12-15,18,20-21,25H,5-11,16H2,1-4H3. The Bertz CT molecular complexity index is 720. The molecule has 0 radical (unpaired) electrons. The topological polar surface area (TPSA) is 67.9 Å². The Morgan fingerprint density at radius 3 is 2.33 bits per heavy atom. The Morgan fingerprint density at radius 2 is 1.73 bits per heavy atom. The number of nitrogens with one attached hydrogen (secondary N) is 1. The van der Waals surface area contributed by atoms with E-state index in [2.05, 4.69) is 17.4 Å². The van der Waals surface area contributed by atoms with Gasteiger partial charge in [-0.2, -0.15) is 0 Å². The van der Waals surface area contributed by atoms with Crippen molar-refractivity contribution in [2.24, 2.45) is 5.92 Å². The minimum absolute atomic E-state index is 0.246. The van der Waals surface area contributed by atoms with Gasteiger partial charge in [-0.15, -0.1) is 0 Å². The third-order valence-electron chi connectivity index (χ3n) is 5.83. The van der Waals surface area contributed by atoms with E-state index in [1.807, 2.05) is 39.8 Å². The monoisotopic (exact) mass is 416 g/mol. The molecule has 0 aromatic heterocycles. The van der Waals surface area contributed by atoms with Gasteiger partial charge in [-0.1, -0.05) is 25.0 Å². The normalized spacial score (nSPS) is 22.6. The van der Waals surface area contributed by atoms with Gasteiger partial charge in [0.05, 0.1) is 18.6 Å². The first kappa shape index (κ1) is 22.4. The second kappa shape index (κ2) is 9.71. The summed E-state index contributed by atoms with van der Waals surface area (Å²) in [5.41, 5.74) is 1.43. The molecule has 2 atom stereocenters. The van der Waals surface area contributed by atoms with Gasteiger partial charge in [0.25, 0.3) is 0 Å². The van der Waals surface area contributed by atoms with Crippen molar-refractivity contribution in [1.29, 1.82) is 0 Å². The number of carbonyl (C=O) groups is 2. The zero-order valence-corrected chi connectivity index (χ0v) is 18.8. The fraction of sp³-hybridized carbons (Fsp3) is 0.667.